The van der Waals surface area contributed by atoms with Crippen molar-refractivity contribution in [1.29, 1.82) is 0 Å². The summed E-state index contributed by atoms with van der Waals surface area (Å²) >= 11 is 0. The van der Waals surface area contributed by atoms with Crippen molar-refractivity contribution in [3.63, 3.8) is 0 Å². The number of hydrogen-bond donors (Lipinski definition) is 1. The van der Waals surface area contributed by atoms with E-state index >= 15 is 0 Å². The molecule has 0 bridgehead atoms. The molecule has 1 aromatic rings. The predicted molar refractivity (Wildman–Crippen MR) is 89.8 cm³/mol. The molecular formula is C19H30N2. The molecule has 116 valence electrons. The summed E-state index contributed by atoms with van der Waals surface area (Å²) in [5.41, 5.74) is 3.00. The van der Waals surface area contributed by atoms with Gasteiger partial charge in [0.1, 0.15) is 0 Å². The highest BCUT2D eigenvalue weighted by Gasteiger charge is 2.13. The molecule has 0 aromatic heterocycles. The standard InChI is InChI=1S/C19H30N2/c1-4-13-21(14-5-1)15-11-17-7-9-18(10-8-17)16-19-6-2-3-12-20-19/h7-10,19-20H,1-6,11-16H2. The molecule has 3 rings (SSSR count). The summed E-state index contributed by atoms with van der Waals surface area (Å²) in [6.45, 7) is 5.07. The summed E-state index contributed by atoms with van der Waals surface area (Å²) in [4.78, 5) is 2.63. The third-order valence-electron chi connectivity index (χ3n) is 5.08. The predicted octanol–water partition coefficient (Wildman–Crippen LogP) is 3.40. The lowest BCUT2D eigenvalue weighted by atomic mass is 9.97. The SMILES string of the molecule is c1cc(CC2CCCCN2)ccc1CCN1CCCCC1. The first kappa shape index (κ1) is 15.1. The normalized spacial score (nSPS) is 24.1. The molecule has 1 atom stereocenters. The second-order valence-corrected chi connectivity index (χ2v) is 6.82. The van der Waals surface area contributed by atoms with Crippen LogP contribution in [0.25, 0.3) is 0 Å². The van der Waals surface area contributed by atoms with E-state index in [9.17, 15) is 0 Å². The van der Waals surface area contributed by atoms with E-state index in [1.165, 1.54) is 88.7 Å². The molecule has 0 amide bonds. The van der Waals surface area contributed by atoms with Crippen LogP contribution in [-0.2, 0) is 12.8 Å². The van der Waals surface area contributed by atoms with E-state index in [-0.39, 0.29) is 0 Å². The molecular weight excluding hydrogens is 256 g/mol. The fourth-order valence-electron chi connectivity index (χ4n) is 3.69. The maximum absolute atomic E-state index is 3.64. The van der Waals surface area contributed by atoms with Crippen molar-refractivity contribution in [2.75, 3.05) is 26.2 Å². The molecule has 2 heterocycles. The van der Waals surface area contributed by atoms with E-state index in [2.05, 4.69) is 34.5 Å². The number of nitrogens with zero attached hydrogens (tertiary/aromatic N) is 1. The van der Waals surface area contributed by atoms with Crippen molar-refractivity contribution in [3.05, 3.63) is 35.4 Å². The van der Waals surface area contributed by atoms with Crippen LogP contribution in [0.2, 0.25) is 0 Å². The number of benzene rings is 1. The minimum absolute atomic E-state index is 0.706. The Hall–Kier alpha value is -0.860. The number of piperidine rings is 2. The maximum Gasteiger partial charge on any atom is 0.0107 e. The molecule has 1 N–H and O–H groups in total. The van der Waals surface area contributed by atoms with Crippen LogP contribution in [0.4, 0.5) is 0 Å². The zero-order valence-corrected chi connectivity index (χ0v) is 13.3. The van der Waals surface area contributed by atoms with Gasteiger partial charge in [-0.25, -0.2) is 0 Å². The van der Waals surface area contributed by atoms with E-state index < -0.39 is 0 Å². The van der Waals surface area contributed by atoms with Gasteiger partial charge >= 0.3 is 0 Å². The second kappa shape index (κ2) is 7.95. The third-order valence-corrected chi connectivity index (χ3v) is 5.08. The molecule has 0 radical (unpaired) electrons. The van der Waals surface area contributed by atoms with Crippen molar-refractivity contribution in [3.8, 4) is 0 Å². The quantitative estimate of drug-likeness (QED) is 0.892. The van der Waals surface area contributed by atoms with Gasteiger partial charge in [-0.15, -0.1) is 0 Å². The summed E-state index contributed by atoms with van der Waals surface area (Å²) < 4.78 is 0. The summed E-state index contributed by atoms with van der Waals surface area (Å²) in [6, 6.07) is 10.1. The molecule has 0 aliphatic carbocycles. The van der Waals surface area contributed by atoms with Crippen LogP contribution in [-0.4, -0.2) is 37.1 Å². The van der Waals surface area contributed by atoms with Crippen LogP contribution in [0.1, 0.15) is 49.7 Å². The minimum atomic E-state index is 0.706. The fraction of sp³-hybridized carbons (Fsp3) is 0.684. The molecule has 2 fully saturated rings. The van der Waals surface area contributed by atoms with E-state index in [1.54, 1.807) is 0 Å². The van der Waals surface area contributed by atoms with Crippen LogP contribution in [0.5, 0.6) is 0 Å². The van der Waals surface area contributed by atoms with Crippen molar-refractivity contribution < 1.29 is 0 Å². The lowest BCUT2D eigenvalue weighted by Crippen LogP contribution is -2.35. The van der Waals surface area contributed by atoms with E-state index in [0.717, 1.165) is 0 Å². The molecule has 2 saturated heterocycles. The summed E-state index contributed by atoms with van der Waals surface area (Å²) in [5, 5.41) is 3.64. The Bertz CT molecular complexity index is 400. The van der Waals surface area contributed by atoms with E-state index in [0.29, 0.717) is 6.04 Å². The monoisotopic (exact) mass is 286 g/mol. The molecule has 2 heteroatoms. The highest BCUT2D eigenvalue weighted by atomic mass is 15.1. The van der Waals surface area contributed by atoms with E-state index in [1.807, 2.05) is 0 Å². The molecule has 2 nitrogen and oxygen atoms in total. The number of likely N-dealkylation sites (tertiary alicyclic amines) is 1. The van der Waals surface area contributed by atoms with Gasteiger partial charge < -0.3 is 10.2 Å². The fourth-order valence-corrected chi connectivity index (χ4v) is 3.69. The Morgan fingerprint density at radius 3 is 2.38 bits per heavy atom. The van der Waals surface area contributed by atoms with Gasteiger partial charge in [0.05, 0.1) is 0 Å². The van der Waals surface area contributed by atoms with Crippen molar-refractivity contribution in [2.45, 2.75) is 57.4 Å². The molecule has 21 heavy (non-hydrogen) atoms. The van der Waals surface area contributed by atoms with Gasteiger partial charge in [0.25, 0.3) is 0 Å². The van der Waals surface area contributed by atoms with Crippen molar-refractivity contribution >= 4 is 0 Å². The molecule has 1 unspecified atom stereocenters. The smallest absolute Gasteiger partial charge is 0.0107 e. The summed E-state index contributed by atoms with van der Waals surface area (Å²) in [6.07, 6.45) is 10.7. The molecule has 0 spiro atoms. The van der Waals surface area contributed by atoms with Gasteiger partial charge in [0.2, 0.25) is 0 Å². The Kier molecular flexibility index (Phi) is 5.70. The molecule has 1 aromatic carbocycles. The first-order chi connectivity index (χ1) is 10.4. The van der Waals surface area contributed by atoms with Gasteiger partial charge in [0.15, 0.2) is 0 Å². The topological polar surface area (TPSA) is 15.3 Å². The average molecular weight is 286 g/mol. The van der Waals surface area contributed by atoms with Gasteiger partial charge in [-0.1, -0.05) is 37.1 Å². The number of hydrogen-bond acceptors (Lipinski definition) is 2. The highest BCUT2D eigenvalue weighted by molar-refractivity contribution is 5.23. The Morgan fingerprint density at radius 2 is 1.67 bits per heavy atom. The van der Waals surface area contributed by atoms with Crippen LogP contribution in [0, 0.1) is 0 Å². The van der Waals surface area contributed by atoms with Gasteiger partial charge in [-0.3, -0.25) is 0 Å². The van der Waals surface area contributed by atoms with Crippen LogP contribution < -0.4 is 5.32 Å². The average Bonchev–Trinajstić information content (AvgIpc) is 2.56. The van der Waals surface area contributed by atoms with Crippen molar-refractivity contribution in [1.82, 2.24) is 10.2 Å². The van der Waals surface area contributed by atoms with Crippen LogP contribution in [0.3, 0.4) is 0 Å². The Morgan fingerprint density at radius 1 is 0.905 bits per heavy atom. The molecule has 2 aliphatic rings. The van der Waals surface area contributed by atoms with Crippen molar-refractivity contribution in [2.24, 2.45) is 0 Å². The summed E-state index contributed by atoms with van der Waals surface area (Å²) in [7, 11) is 0. The molecule has 0 saturated carbocycles. The third kappa shape index (κ3) is 4.82. The summed E-state index contributed by atoms with van der Waals surface area (Å²) in [5.74, 6) is 0. The van der Waals surface area contributed by atoms with Crippen LogP contribution in [0.15, 0.2) is 24.3 Å². The van der Waals surface area contributed by atoms with Gasteiger partial charge in [-0.05, 0) is 69.3 Å². The lowest BCUT2D eigenvalue weighted by molar-refractivity contribution is 0.231. The maximum atomic E-state index is 3.64. The second-order valence-electron chi connectivity index (χ2n) is 6.82. The zero-order chi connectivity index (χ0) is 14.3. The lowest BCUT2D eigenvalue weighted by Gasteiger charge is -2.26. The Labute approximate surface area is 129 Å². The minimum Gasteiger partial charge on any atom is -0.314 e. The largest absolute Gasteiger partial charge is 0.314 e. The first-order valence-electron chi connectivity index (χ1n) is 8.94. The van der Waals surface area contributed by atoms with E-state index in [4.69, 9.17) is 0 Å². The zero-order valence-electron chi connectivity index (χ0n) is 13.3. The van der Waals surface area contributed by atoms with Gasteiger partial charge in [0, 0.05) is 12.6 Å². The first-order valence-corrected chi connectivity index (χ1v) is 8.94. The highest BCUT2D eigenvalue weighted by Crippen LogP contribution is 2.15. The van der Waals surface area contributed by atoms with Gasteiger partial charge in [-0.2, -0.15) is 0 Å². The Balaban J connectivity index is 1.44. The molecule has 2 aliphatic heterocycles. The van der Waals surface area contributed by atoms with Crippen LogP contribution >= 0.6 is 0 Å². The number of nitrogens with one attached hydrogen (secondary N) is 1. The number of rotatable bonds is 5.